The molecule has 0 amide bonds. The maximum absolute atomic E-state index is 5.22. The first-order valence-electron chi connectivity index (χ1n) is 9.86. The summed E-state index contributed by atoms with van der Waals surface area (Å²) in [4.78, 5) is 20.7. The van der Waals surface area contributed by atoms with Crippen LogP contribution in [0.25, 0.3) is 0 Å². The van der Waals surface area contributed by atoms with Crippen molar-refractivity contribution >= 4 is 11.8 Å². The van der Waals surface area contributed by atoms with Crippen molar-refractivity contribution in [3.8, 4) is 5.88 Å². The van der Waals surface area contributed by atoms with Crippen molar-refractivity contribution < 1.29 is 4.74 Å². The van der Waals surface area contributed by atoms with Crippen molar-refractivity contribution in [1.82, 2.24) is 19.9 Å². The molecule has 2 saturated heterocycles. The maximum Gasteiger partial charge on any atom is 0.227 e. The fraction of sp³-hybridized carbons (Fsp3) is 0.550. The average molecular weight is 368 g/mol. The molecule has 0 N–H and O–H groups in total. The largest absolute Gasteiger partial charge is 0.481 e. The number of methoxy groups -OCH3 is 1. The number of piperidine rings is 1. The fourth-order valence-corrected chi connectivity index (χ4v) is 3.82. The Balaban J connectivity index is 1.35. The van der Waals surface area contributed by atoms with Crippen LogP contribution in [-0.4, -0.2) is 66.2 Å². The van der Waals surface area contributed by atoms with E-state index in [9.17, 15) is 0 Å². The van der Waals surface area contributed by atoms with E-state index < -0.39 is 0 Å². The van der Waals surface area contributed by atoms with Gasteiger partial charge in [-0.15, -0.1) is 0 Å². The Morgan fingerprint density at radius 1 is 0.889 bits per heavy atom. The van der Waals surface area contributed by atoms with Gasteiger partial charge in [0.25, 0.3) is 0 Å². The van der Waals surface area contributed by atoms with Gasteiger partial charge >= 0.3 is 0 Å². The number of hydrogen-bond donors (Lipinski definition) is 0. The van der Waals surface area contributed by atoms with Crippen molar-refractivity contribution in [1.29, 1.82) is 0 Å². The Kier molecular flexibility index (Phi) is 5.67. The van der Waals surface area contributed by atoms with E-state index in [0.717, 1.165) is 57.6 Å². The molecule has 0 bridgehead atoms. The van der Waals surface area contributed by atoms with Gasteiger partial charge in [0.1, 0.15) is 5.82 Å². The van der Waals surface area contributed by atoms with Crippen LogP contribution >= 0.6 is 0 Å². The normalized spacial score (nSPS) is 18.6. The Bertz CT molecular complexity index is 741. The molecule has 0 unspecified atom stereocenters. The number of aromatic nitrogens is 3. The third-order valence-electron chi connectivity index (χ3n) is 5.38. The first-order chi connectivity index (χ1) is 13.3. The van der Waals surface area contributed by atoms with Gasteiger partial charge in [0.15, 0.2) is 0 Å². The monoisotopic (exact) mass is 368 g/mol. The molecular weight excluding hydrogens is 340 g/mol. The smallest absolute Gasteiger partial charge is 0.227 e. The lowest BCUT2D eigenvalue weighted by molar-refractivity contribution is 0.248. The van der Waals surface area contributed by atoms with Crippen molar-refractivity contribution in [3.05, 3.63) is 36.2 Å². The van der Waals surface area contributed by atoms with Crippen LogP contribution in [0.4, 0.5) is 11.8 Å². The molecule has 144 valence electrons. The molecule has 0 saturated carbocycles. The quantitative estimate of drug-likeness (QED) is 0.802. The molecule has 2 aliphatic heterocycles. The summed E-state index contributed by atoms with van der Waals surface area (Å²) in [6.45, 7) is 7.04. The lowest BCUT2D eigenvalue weighted by Crippen LogP contribution is -2.46. The van der Waals surface area contributed by atoms with Crippen molar-refractivity contribution in [2.24, 2.45) is 0 Å². The zero-order valence-electron chi connectivity index (χ0n) is 16.0. The van der Waals surface area contributed by atoms with Crippen molar-refractivity contribution in [2.75, 3.05) is 56.2 Å². The first kappa shape index (κ1) is 18.0. The van der Waals surface area contributed by atoms with Crippen LogP contribution < -0.4 is 14.5 Å². The number of anilines is 2. The van der Waals surface area contributed by atoms with Gasteiger partial charge in [0.2, 0.25) is 11.8 Å². The lowest BCUT2D eigenvalue weighted by atomic mass is 10.1. The summed E-state index contributed by atoms with van der Waals surface area (Å²) in [7, 11) is 1.66. The van der Waals surface area contributed by atoms with Crippen LogP contribution in [0.3, 0.4) is 0 Å². The van der Waals surface area contributed by atoms with Gasteiger partial charge in [-0.1, -0.05) is 0 Å². The highest BCUT2D eigenvalue weighted by Crippen LogP contribution is 2.20. The zero-order valence-corrected chi connectivity index (χ0v) is 16.0. The SMILES string of the molecule is COc1cc(CN2CCN(c3nccc(N4CCCCC4)n3)CC2)ccn1. The second kappa shape index (κ2) is 8.52. The minimum absolute atomic E-state index is 0.675. The van der Waals surface area contributed by atoms with E-state index >= 15 is 0 Å². The van der Waals surface area contributed by atoms with Crippen LogP contribution in [0.2, 0.25) is 0 Å². The Morgan fingerprint density at radius 3 is 2.44 bits per heavy atom. The molecule has 0 aromatic carbocycles. The summed E-state index contributed by atoms with van der Waals surface area (Å²) in [6.07, 6.45) is 7.57. The van der Waals surface area contributed by atoms with Gasteiger partial charge < -0.3 is 14.5 Å². The van der Waals surface area contributed by atoms with Gasteiger partial charge in [-0.25, -0.2) is 9.97 Å². The topological polar surface area (TPSA) is 57.6 Å². The highest BCUT2D eigenvalue weighted by Gasteiger charge is 2.20. The molecule has 7 nitrogen and oxygen atoms in total. The summed E-state index contributed by atoms with van der Waals surface area (Å²) in [5.41, 5.74) is 1.23. The van der Waals surface area contributed by atoms with E-state index in [1.54, 1.807) is 7.11 Å². The summed E-state index contributed by atoms with van der Waals surface area (Å²) < 4.78 is 5.22. The molecule has 0 atom stereocenters. The number of piperazine rings is 1. The molecule has 2 aromatic heterocycles. The lowest BCUT2D eigenvalue weighted by Gasteiger charge is -2.35. The van der Waals surface area contributed by atoms with E-state index in [1.807, 2.05) is 24.5 Å². The highest BCUT2D eigenvalue weighted by atomic mass is 16.5. The predicted molar refractivity (Wildman–Crippen MR) is 106 cm³/mol. The molecule has 2 aromatic rings. The molecule has 4 rings (SSSR count). The summed E-state index contributed by atoms with van der Waals surface area (Å²) in [6, 6.07) is 6.11. The number of ether oxygens (including phenoxy) is 1. The molecule has 0 radical (unpaired) electrons. The van der Waals surface area contributed by atoms with Crippen LogP contribution in [0.15, 0.2) is 30.6 Å². The third kappa shape index (κ3) is 4.47. The molecule has 2 fully saturated rings. The second-order valence-electron chi connectivity index (χ2n) is 7.23. The van der Waals surface area contributed by atoms with Crippen LogP contribution in [0.5, 0.6) is 5.88 Å². The van der Waals surface area contributed by atoms with E-state index in [-0.39, 0.29) is 0 Å². The average Bonchev–Trinajstić information content (AvgIpc) is 2.75. The first-order valence-corrected chi connectivity index (χ1v) is 9.86. The van der Waals surface area contributed by atoms with Crippen LogP contribution in [0, 0.1) is 0 Å². The Hall–Kier alpha value is -2.41. The van der Waals surface area contributed by atoms with Gasteiger partial charge in [-0.2, -0.15) is 4.98 Å². The zero-order chi connectivity index (χ0) is 18.5. The molecule has 7 heteroatoms. The maximum atomic E-state index is 5.22. The summed E-state index contributed by atoms with van der Waals surface area (Å²) in [5.74, 6) is 2.61. The Labute approximate surface area is 161 Å². The van der Waals surface area contributed by atoms with E-state index in [4.69, 9.17) is 9.72 Å². The molecule has 2 aliphatic rings. The van der Waals surface area contributed by atoms with Crippen molar-refractivity contribution in [3.63, 3.8) is 0 Å². The molecule has 4 heterocycles. The van der Waals surface area contributed by atoms with Gasteiger partial charge in [0, 0.05) is 64.3 Å². The summed E-state index contributed by atoms with van der Waals surface area (Å²) in [5, 5.41) is 0. The Morgan fingerprint density at radius 2 is 1.67 bits per heavy atom. The van der Waals surface area contributed by atoms with Crippen molar-refractivity contribution in [2.45, 2.75) is 25.8 Å². The highest BCUT2D eigenvalue weighted by molar-refractivity contribution is 5.44. The van der Waals surface area contributed by atoms with Gasteiger partial charge in [0.05, 0.1) is 7.11 Å². The number of hydrogen-bond acceptors (Lipinski definition) is 7. The molecule has 0 aliphatic carbocycles. The minimum Gasteiger partial charge on any atom is -0.481 e. The third-order valence-corrected chi connectivity index (χ3v) is 5.38. The van der Waals surface area contributed by atoms with E-state index in [2.05, 4.69) is 30.7 Å². The standard InChI is InChI=1S/C20H28N6O/c1-27-19-15-17(5-7-21-19)16-24-11-13-26(14-12-24)20-22-8-6-18(23-20)25-9-3-2-4-10-25/h5-8,15H,2-4,9-14,16H2,1H3. The molecule has 0 spiro atoms. The van der Waals surface area contributed by atoms with Gasteiger partial charge in [-0.3, -0.25) is 4.90 Å². The fourth-order valence-electron chi connectivity index (χ4n) is 3.82. The van der Waals surface area contributed by atoms with Crippen LogP contribution in [-0.2, 0) is 6.54 Å². The minimum atomic E-state index is 0.675. The second-order valence-corrected chi connectivity index (χ2v) is 7.23. The molecular formula is C20H28N6O. The number of rotatable bonds is 5. The predicted octanol–water partition coefficient (Wildman–Crippen LogP) is 2.19. The van der Waals surface area contributed by atoms with Crippen LogP contribution in [0.1, 0.15) is 24.8 Å². The number of pyridine rings is 1. The van der Waals surface area contributed by atoms with Gasteiger partial charge in [-0.05, 0) is 37.0 Å². The summed E-state index contributed by atoms with van der Waals surface area (Å²) >= 11 is 0. The van der Waals surface area contributed by atoms with E-state index in [1.165, 1.54) is 24.8 Å². The van der Waals surface area contributed by atoms with E-state index in [0.29, 0.717) is 5.88 Å². The molecule has 27 heavy (non-hydrogen) atoms. The number of nitrogens with zero attached hydrogens (tertiary/aromatic N) is 6.